The third kappa shape index (κ3) is 3.78. The lowest BCUT2D eigenvalue weighted by atomic mass is 9.89. The maximum absolute atomic E-state index is 13.9. The highest BCUT2D eigenvalue weighted by molar-refractivity contribution is 6.40. The minimum Gasteiger partial charge on any atom is -0.383 e. The van der Waals surface area contributed by atoms with Crippen LogP contribution < -0.4 is 4.90 Å². The zero-order chi connectivity index (χ0) is 18.1. The van der Waals surface area contributed by atoms with Gasteiger partial charge < -0.3 is 10.0 Å². The van der Waals surface area contributed by atoms with E-state index in [1.807, 2.05) is 0 Å². The van der Waals surface area contributed by atoms with Gasteiger partial charge in [-0.05, 0) is 42.5 Å². The van der Waals surface area contributed by atoms with E-state index in [0.717, 1.165) is 6.07 Å². The lowest BCUT2D eigenvalue weighted by Crippen LogP contribution is -2.49. The van der Waals surface area contributed by atoms with Gasteiger partial charge in [-0.3, -0.25) is 4.79 Å². The molecule has 3 rings (SSSR count). The van der Waals surface area contributed by atoms with Crippen LogP contribution in [0.3, 0.4) is 0 Å². The lowest BCUT2D eigenvalue weighted by molar-refractivity contribution is -0.129. The molecular formula is C18H15Cl2F2NO2. The van der Waals surface area contributed by atoms with Crippen molar-refractivity contribution in [1.82, 2.24) is 0 Å². The summed E-state index contributed by atoms with van der Waals surface area (Å²) >= 11 is 12.3. The third-order valence-corrected chi connectivity index (χ3v) is 4.89. The fourth-order valence-corrected chi connectivity index (χ4v) is 3.72. The Labute approximate surface area is 153 Å². The van der Waals surface area contributed by atoms with Gasteiger partial charge in [0.05, 0.1) is 15.7 Å². The number of carbonyl (C=O) groups is 1. The van der Waals surface area contributed by atoms with Gasteiger partial charge in [0, 0.05) is 12.6 Å². The number of benzene rings is 2. The van der Waals surface area contributed by atoms with Crippen molar-refractivity contribution in [1.29, 1.82) is 0 Å². The van der Waals surface area contributed by atoms with E-state index in [0.29, 0.717) is 21.3 Å². The largest absolute Gasteiger partial charge is 0.383 e. The summed E-state index contributed by atoms with van der Waals surface area (Å²) in [7, 11) is 0. The first-order valence-corrected chi connectivity index (χ1v) is 8.49. The Balaban J connectivity index is 1.87. The molecular weight excluding hydrogens is 371 g/mol. The summed E-state index contributed by atoms with van der Waals surface area (Å²) in [5.74, 6) is -2.01. The van der Waals surface area contributed by atoms with Crippen LogP contribution in [0.4, 0.5) is 14.5 Å². The summed E-state index contributed by atoms with van der Waals surface area (Å²) in [5, 5.41) is 10.7. The number of hydrogen-bond donors (Lipinski definition) is 1. The number of nitrogens with zero attached hydrogens (tertiary/aromatic N) is 1. The number of hydrogen-bond acceptors (Lipinski definition) is 2. The van der Waals surface area contributed by atoms with Crippen molar-refractivity contribution >= 4 is 34.8 Å². The number of rotatable bonds is 3. The molecule has 2 atom stereocenters. The molecule has 1 aliphatic heterocycles. The Kier molecular flexibility index (Phi) is 5.27. The van der Waals surface area contributed by atoms with E-state index < -0.39 is 23.6 Å². The van der Waals surface area contributed by atoms with Crippen LogP contribution in [0.15, 0.2) is 36.4 Å². The van der Waals surface area contributed by atoms with E-state index in [4.69, 9.17) is 23.2 Å². The molecule has 0 aromatic heterocycles. The third-order valence-electron chi connectivity index (χ3n) is 4.28. The SMILES string of the molecule is O=C1[C@H](O)C[C@@H](Cc2ccc(F)cc2F)CN1c1c(Cl)cccc1Cl. The lowest BCUT2D eigenvalue weighted by Gasteiger charge is -2.36. The quantitative estimate of drug-likeness (QED) is 0.858. The fraction of sp³-hybridized carbons (Fsp3) is 0.278. The van der Waals surface area contributed by atoms with Crippen LogP contribution in [0.2, 0.25) is 10.0 Å². The van der Waals surface area contributed by atoms with E-state index >= 15 is 0 Å². The van der Waals surface area contributed by atoms with Crippen LogP contribution >= 0.6 is 23.2 Å². The maximum atomic E-state index is 13.9. The highest BCUT2D eigenvalue weighted by Gasteiger charge is 2.35. The molecule has 1 saturated heterocycles. The summed E-state index contributed by atoms with van der Waals surface area (Å²) < 4.78 is 27.0. The first kappa shape index (κ1) is 18.1. The number of piperidine rings is 1. The second kappa shape index (κ2) is 7.28. The van der Waals surface area contributed by atoms with Crippen molar-refractivity contribution in [2.75, 3.05) is 11.4 Å². The van der Waals surface area contributed by atoms with Crippen molar-refractivity contribution in [2.24, 2.45) is 5.92 Å². The zero-order valence-electron chi connectivity index (χ0n) is 13.1. The Hall–Kier alpha value is -1.69. The van der Waals surface area contributed by atoms with E-state index in [2.05, 4.69) is 0 Å². The summed E-state index contributed by atoms with van der Waals surface area (Å²) in [6.45, 7) is 0.232. The summed E-state index contributed by atoms with van der Waals surface area (Å²) in [6.07, 6.45) is -0.780. The highest BCUT2D eigenvalue weighted by atomic mass is 35.5. The summed E-state index contributed by atoms with van der Waals surface area (Å²) in [5.41, 5.74) is 0.664. The monoisotopic (exact) mass is 385 g/mol. The van der Waals surface area contributed by atoms with Crippen LogP contribution in [0.25, 0.3) is 0 Å². The maximum Gasteiger partial charge on any atom is 0.255 e. The van der Waals surface area contributed by atoms with Gasteiger partial charge in [-0.1, -0.05) is 35.3 Å². The molecule has 2 aromatic rings. The fourth-order valence-electron chi connectivity index (χ4n) is 3.11. The zero-order valence-corrected chi connectivity index (χ0v) is 14.6. The molecule has 1 aliphatic rings. The molecule has 25 heavy (non-hydrogen) atoms. The van der Waals surface area contributed by atoms with Gasteiger partial charge in [0.2, 0.25) is 0 Å². The molecule has 0 radical (unpaired) electrons. The molecule has 1 N–H and O–H groups in total. The predicted molar refractivity (Wildman–Crippen MR) is 93.0 cm³/mol. The minimum atomic E-state index is -1.23. The van der Waals surface area contributed by atoms with Crippen LogP contribution in [-0.4, -0.2) is 23.7 Å². The normalized spacial score (nSPS) is 20.8. The Bertz CT molecular complexity index is 795. The second-order valence-corrected chi connectivity index (χ2v) is 6.89. The van der Waals surface area contributed by atoms with E-state index in [1.54, 1.807) is 18.2 Å². The molecule has 2 aromatic carbocycles. The highest BCUT2D eigenvalue weighted by Crippen LogP contribution is 2.37. The number of amides is 1. The molecule has 0 bridgehead atoms. The van der Waals surface area contributed by atoms with Gasteiger partial charge in [-0.15, -0.1) is 0 Å². The predicted octanol–water partition coefficient (Wildman–Crippen LogP) is 4.23. The number of aliphatic hydroxyl groups excluding tert-OH is 1. The van der Waals surface area contributed by atoms with Crippen molar-refractivity contribution < 1.29 is 18.7 Å². The van der Waals surface area contributed by atoms with Crippen LogP contribution in [0, 0.1) is 17.6 Å². The first-order valence-electron chi connectivity index (χ1n) is 7.74. The molecule has 0 unspecified atom stereocenters. The Morgan fingerprint density at radius 2 is 1.84 bits per heavy atom. The molecule has 0 spiro atoms. The molecule has 0 saturated carbocycles. The average molecular weight is 386 g/mol. The van der Waals surface area contributed by atoms with Gasteiger partial charge >= 0.3 is 0 Å². The van der Waals surface area contributed by atoms with Crippen LogP contribution in [0.1, 0.15) is 12.0 Å². The summed E-state index contributed by atoms with van der Waals surface area (Å²) in [6, 6.07) is 8.25. The molecule has 3 nitrogen and oxygen atoms in total. The molecule has 0 aliphatic carbocycles. The number of anilines is 1. The van der Waals surface area contributed by atoms with Gasteiger partial charge in [0.15, 0.2) is 0 Å². The van der Waals surface area contributed by atoms with Gasteiger partial charge in [0.1, 0.15) is 17.7 Å². The number of aliphatic hydroxyl groups is 1. The van der Waals surface area contributed by atoms with Crippen molar-refractivity contribution in [2.45, 2.75) is 18.9 Å². The van der Waals surface area contributed by atoms with Crippen LogP contribution in [-0.2, 0) is 11.2 Å². The number of halogens is 4. The standard InChI is InChI=1S/C18H15Cl2F2NO2/c19-13-2-1-3-14(20)17(13)23-9-10(7-16(24)18(23)25)6-11-4-5-12(21)8-15(11)22/h1-5,8,10,16,24H,6-7,9H2/t10-,16-/m1/s1. The Morgan fingerprint density at radius 3 is 2.48 bits per heavy atom. The smallest absolute Gasteiger partial charge is 0.255 e. The van der Waals surface area contributed by atoms with Crippen molar-refractivity contribution in [3.8, 4) is 0 Å². The Morgan fingerprint density at radius 1 is 1.16 bits per heavy atom. The second-order valence-electron chi connectivity index (χ2n) is 6.08. The van der Waals surface area contributed by atoms with Crippen molar-refractivity contribution in [3.63, 3.8) is 0 Å². The number of carbonyl (C=O) groups excluding carboxylic acids is 1. The number of para-hydroxylation sites is 1. The van der Waals surface area contributed by atoms with E-state index in [9.17, 15) is 18.7 Å². The first-order chi connectivity index (χ1) is 11.9. The molecule has 1 heterocycles. The molecule has 1 fully saturated rings. The van der Waals surface area contributed by atoms with Crippen LogP contribution in [0.5, 0.6) is 0 Å². The van der Waals surface area contributed by atoms with Gasteiger partial charge in [0.25, 0.3) is 5.91 Å². The minimum absolute atomic E-state index is 0.189. The molecule has 132 valence electrons. The van der Waals surface area contributed by atoms with Gasteiger partial charge in [-0.2, -0.15) is 0 Å². The van der Waals surface area contributed by atoms with Crippen molar-refractivity contribution in [3.05, 3.63) is 63.6 Å². The topological polar surface area (TPSA) is 40.5 Å². The summed E-state index contributed by atoms with van der Waals surface area (Å²) in [4.78, 5) is 13.7. The van der Waals surface area contributed by atoms with Gasteiger partial charge in [-0.25, -0.2) is 8.78 Å². The van der Waals surface area contributed by atoms with E-state index in [1.165, 1.54) is 17.0 Å². The molecule has 7 heteroatoms. The molecule has 1 amide bonds. The van der Waals surface area contributed by atoms with E-state index in [-0.39, 0.29) is 25.3 Å². The average Bonchev–Trinajstić information content (AvgIpc) is 2.54.